The number of hydrogen-bond acceptors (Lipinski definition) is 6. The number of rotatable bonds is 13. The number of hydrogen-bond donors (Lipinski definition) is 2. The number of benzene rings is 2. The molecule has 43 heavy (non-hydrogen) atoms. The normalized spacial score (nSPS) is 16.4. The minimum absolute atomic E-state index is 0.143. The van der Waals surface area contributed by atoms with Crippen molar-refractivity contribution >= 4 is 21.0 Å². The van der Waals surface area contributed by atoms with Crippen molar-refractivity contribution in [2.45, 2.75) is 33.0 Å². The SMILES string of the molecule is CCNP(=O)(NCC)C(OP1(=O)N(C)CCN1C)c1ccc(C(=O)N(C)CCc2nc(-c3ccccc3)oc2C)c(F)c1. The number of nitrogens with one attached hydrogen (secondary N) is 2. The van der Waals surface area contributed by atoms with Gasteiger partial charge in [-0.2, -0.15) is 0 Å². The zero-order valence-corrected chi connectivity index (χ0v) is 27.3. The van der Waals surface area contributed by atoms with Crippen molar-refractivity contribution in [1.29, 1.82) is 0 Å². The van der Waals surface area contributed by atoms with Crippen molar-refractivity contribution in [2.24, 2.45) is 0 Å². The predicted molar refractivity (Wildman–Crippen MR) is 165 cm³/mol. The minimum atomic E-state index is -3.57. The Hall–Kier alpha value is -2.69. The van der Waals surface area contributed by atoms with E-state index in [2.05, 4.69) is 15.2 Å². The highest BCUT2D eigenvalue weighted by Gasteiger charge is 2.47. The van der Waals surface area contributed by atoms with Gasteiger partial charge in [0.25, 0.3) is 5.91 Å². The summed E-state index contributed by atoms with van der Waals surface area (Å²) in [6.45, 7) is 7.36. The summed E-state index contributed by atoms with van der Waals surface area (Å²) in [6.07, 6.45) is 0.422. The Balaban J connectivity index is 1.55. The molecule has 0 bridgehead atoms. The maximum atomic E-state index is 15.6. The maximum Gasteiger partial charge on any atom is 0.346 e. The number of aryl methyl sites for hydroxylation is 1. The summed E-state index contributed by atoms with van der Waals surface area (Å²) in [5.74, 6) is -1.42. The molecule has 0 aliphatic carbocycles. The van der Waals surface area contributed by atoms with E-state index in [-0.39, 0.29) is 17.7 Å². The second-order valence-corrected chi connectivity index (χ2v) is 15.5. The zero-order valence-electron chi connectivity index (χ0n) is 25.5. The number of carbonyl (C=O) groups is 1. The van der Waals surface area contributed by atoms with Gasteiger partial charge >= 0.3 is 7.67 Å². The molecule has 0 radical (unpaired) electrons. The molecule has 14 heteroatoms. The van der Waals surface area contributed by atoms with Crippen LogP contribution in [0.5, 0.6) is 0 Å². The Morgan fingerprint density at radius 2 is 1.77 bits per heavy atom. The molecule has 1 unspecified atom stereocenters. The number of nitrogens with zero attached hydrogens (tertiary/aromatic N) is 4. The van der Waals surface area contributed by atoms with Gasteiger partial charge in [-0.15, -0.1) is 0 Å². The number of oxazole rings is 1. The summed E-state index contributed by atoms with van der Waals surface area (Å²) in [5, 5.41) is 5.91. The lowest BCUT2D eigenvalue weighted by molar-refractivity contribution is 0.0791. The van der Waals surface area contributed by atoms with Gasteiger partial charge in [-0.3, -0.25) is 28.6 Å². The fraction of sp³-hybridized carbons (Fsp3) is 0.448. The summed E-state index contributed by atoms with van der Waals surface area (Å²) < 4.78 is 58.7. The monoisotopic (exact) mass is 634 g/mol. The van der Waals surface area contributed by atoms with Gasteiger partial charge in [0.15, 0.2) is 5.85 Å². The summed E-state index contributed by atoms with van der Waals surface area (Å²) in [4.78, 5) is 19.3. The average molecular weight is 635 g/mol. The van der Waals surface area contributed by atoms with Gasteiger partial charge in [0, 0.05) is 51.8 Å². The lowest BCUT2D eigenvalue weighted by Gasteiger charge is -2.34. The second-order valence-electron chi connectivity index (χ2n) is 10.5. The average Bonchev–Trinajstić information content (AvgIpc) is 3.48. The van der Waals surface area contributed by atoms with Crippen LogP contribution in [-0.2, 0) is 20.1 Å². The summed E-state index contributed by atoms with van der Waals surface area (Å²) >= 11 is 0. The molecule has 2 N–H and O–H groups in total. The molecule has 1 aromatic heterocycles. The van der Waals surface area contributed by atoms with E-state index in [1.54, 1.807) is 44.3 Å². The first kappa shape index (κ1) is 33.2. The van der Waals surface area contributed by atoms with Crippen LogP contribution in [0, 0.1) is 12.7 Å². The molecular formula is C29H41FN6O5P2. The van der Waals surface area contributed by atoms with E-state index in [1.807, 2.05) is 37.3 Å². The van der Waals surface area contributed by atoms with Gasteiger partial charge < -0.3 is 9.32 Å². The molecule has 4 rings (SSSR count). The quantitative estimate of drug-likeness (QED) is 0.233. The van der Waals surface area contributed by atoms with Crippen LogP contribution in [0.4, 0.5) is 4.39 Å². The molecule has 234 valence electrons. The van der Waals surface area contributed by atoms with Crippen LogP contribution >= 0.6 is 15.1 Å². The molecule has 2 heterocycles. The Morgan fingerprint density at radius 1 is 1.14 bits per heavy atom. The van der Waals surface area contributed by atoms with E-state index in [1.165, 1.54) is 17.0 Å². The molecule has 0 saturated carbocycles. The largest absolute Gasteiger partial charge is 0.441 e. The first-order valence-electron chi connectivity index (χ1n) is 14.3. The summed E-state index contributed by atoms with van der Waals surface area (Å²) in [5.41, 5.74) is 1.64. The summed E-state index contributed by atoms with van der Waals surface area (Å²) in [7, 11) is -2.17. The second kappa shape index (κ2) is 13.9. The third-order valence-corrected chi connectivity index (χ3v) is 12.8. The van der Waals surface area contributed by atoms with E-state index in [0.29, 0.717) is 49.9 Å². The van der Waals surface area contributed by atoms with Crippen molar-refractivity contribution < 1.29 is 27.3 Å². The number of amides is 1. The molecule has 1 atom stereocenters. The number of likely N-dealkylation sites (N-methyl/N-ethyl adjacent to an activating group) is 3. The molecule has 1 saturated heterocycles. The molecule has 2 aromatic carbocycles. The Bertz CT molecular complexity index is 1500. The van der Waals surface area contributed by atoms with E-state index in [4.69, 9.17) is 8.94 Å². The molecule has 11 nitrogen and oxygen atoms in total. The zero-order chi connectivity index (χ0) is 31.4. The van der Waals surface area contributed by atoms with Gasteiger partial charge in [-0.05, 0) is 50.8 Å². The van der Waals surface area contributed by atoms with E-state index >= 15 is 4.39 Å². The molecule has 1 aliphatic rings. The van der Waals surface area contributed by atoms with Crippen LogP contribution in [0.1, 0.15) is 47.1 Å². The molecule has 1 amide bonds. The molecule has 3 aromatic rings. The van der Waals surface area contributed by atoms with Crippen LogP contribution in [0.15, 0.2) is 52.9 Å². The maximum absolute atomic E-state index is 15.6. The van der Waals surface area contributed by atoms with Gasteiger partial charge in [0.1, 0.15) is 11.6 Å². The van der Waals surface area contributed by atoms with Crippen LogP contribution < -0.4 is 10.2 Å². The smallest absolute Gasteiger partial charge is 0.346 e. The van der Waals surface area contributed by atoms with Gasteiger partial charge in [0.2, 0.25) is 13.3 Å². The van der Waals surface area contributed by atoms with E-state index in [9.17, 15) is 13.9 Å². The van der Waals surface area contributed by atoms with Crippen LogP contribution in [-0.4, -0.2) is 79.0 Å². The lowest BCUT2D eigenvalue weighted by Crippen LogP contribution is -2.30. The fourth-order valence-corrected chi connectivity index (χ4v) is 9.70. The van der Waals surface area contributed by atoms with Crippen molar-refractivity contribution in [3.05, 3.63) is 76.9 Å². The molecular weight excluding hydrogens is 593 g/mol. The number of carbonyl (C=O) groups excluding carboxylic acids is 1. The minimum Gasteiger partial charge on any atom is -0.441 e. The highest BCUT2D eigenvalue weighted by Crippen LogP contribution is 2.65. The van der Waals surface area contributed by atoms with Crippen LogP contribution in [0.3, 0.4) is 0 Å². The topological polar surface area (TPSA) is 120 Å². The van der Waals surface area contributed by atoms with Crippen molar-refractivity contribution in [2.75, 3.05) is 53.9 Å². The molecule has 0 spiro atoms. The van der Waals surface area contributed by atoms with E-state index < -0.39 is 32.7 Å². The highest BCUT2D eigenvalue weighted by molar-refractivity contribution is 7.61. The number of halogens is 1. The predicted octanol–water partition coefficient (Wildman–Crippen LogP) is 5.52. The summed E-state index contributed by atoms with van der Waals surface area (Å²) in [6, 6.07) is 13.5. The molecule has 1 fully saturated rings. The lowest BCUT2D eigenvalue weighted by atomic mass is 10.1. The van der Waals surface area contributed by atoms with Crippen LogP contribution in [0.25, 0.3) is 11.5 Å². The fourth-order valence-electron chi connectivity index (χ4n) is 4.93. The van der Waals surface area contributed by atoms with Crippen LogP contribution in [0.2, 0.25) is 0 Å². The third-order valence-electron chi connectivity index (χ3n) is 7.42. The van der Waals surface area contributed by atoms with Gasteiger partial charge in [0.05, 0.1) is 11.3 Å². The van der Waals surface area contributed by atoms with Crippen molar-refractivity contribution in [3.63, 3.8) is 0 Å². The van der Waals surface area contributed by atoms with Gasteiger partial charge in [-0.1, -0.05) is 38.1 Å². The van der Waals surface area contributed by atoms with Gasteiger partial charge in [-0.25, -0.2) is 18.7 Å². The van der Waals surface area contributed by atoms with Crippen molar-refractivity contribution in [3.8, 4) is 11.5 Å². The number of aromatic nitrogens is 1. The Labute approximate surface area is 252 Å². The first-order chi connectivity index (χ1) is 20.4. The Kier molecular flexibility index (Phi) is 10.8. The van der Waals surface area contributed by atoms with Crippen molar-refractivity contribution in [1.82, 2.24) is 29.4 Å². The third kappa shape index (κ3) is 7.18. The Morgan fingerprint density at radius 3 is 2.35 bits per heavy atom. The highest BCUT2D eigenvalue weighted by atomic mass is 31.2. The van der Waals surface area contributed by atoms with E-state index in [0.717, 1.165) is 11.6 Å². The standard InChI is InChI=1S/C29H41FN6O5P2/c1-7-31-42(38,32-8-2)29(41-43(39)35(5)18-19-36(43)6)23-14-15-24(25(30)20-23)28(37)34(4)17-16-26-21(3)40-27(33-26)22-12-10-9-11-13-22/h9-15,20,29H,7-8,16-19H2,1-6H3,(H2,31,32,38). The molecule has 1 aliphatic heterocycles. The first-order valence-corrected chi connectivity index (χ1v) is 17.6.